The zero-order valence-electron chi connectivity index (χ0n) is 5.80. The zero-order valence-corrected chi connectivity index (χ0v) is 5.80. The van der Waals surface area contributed by atoms with E-state index in [-0.39, 0.29) is 12.5 Å². The molecule has 10 heavy (non-hydrogen) atoms. The number of carbonyl (C=O) groups is 1. The molecule has 0 saturated carbocycles. The third-order valence-electron chi connectivity index (χ3n) is 0.804. The SMILES string of the molecule is [CH2]C(=O)NCCOCCO. The van der Waals surface area contributed by atoms with Gasteiger partial charge in [0.05, 0.1) is 19.8 Å². The van der Waals surface area contributed by atoms with Crippen LogP contribution in [0.1, 0.15) is 0 Å². The molecule has 0 unspecified atom stereocenters. The molecule has 0 aliphatic rings. The lowest BCUT2D eigenvalue weighted by atomic mass is 10.6. The van der Waals surface area contributed by atoms with Gasteiger partial charge in [0.2, 0.25) is 5.91 Å². The van der Waals surface area contributed by atoms with Crippen molar-refractivity contribution in [3.05, 3.63) is 6.92 Å². The van der Waals surface area contributed by atoms with Gasteiger partial charge in [-0.25, -0.2) is 0 Å². The average molecular weight is 146 g/mol. The third kappa shape index (κ3) is 7.39. The zero-order chi connectivity index (χ0) is 7.82. The lowest BCUT2D eigenvalue weighted by molar-refractivity contribution is -0.117. The molecule has 4 nitrogen and oxygen atoms in total. The first-order valence-corrected chi connectivity index (χ1v) is 3.05. The van der Waals surface area contributed by atoms with Gasteiger partial charge in [-0.3, -0.25) is 4.79 Å². The van der Waals surface area contributed by atoms with Gasteiger partial charge in [0.15, 0.2) is 0 Å². The van der Waals surface area contributed by atoms with Crippen LogP contribution in [0, 0.1) is 6.92 Å². The molecule has 59 valence electrons. The van der Waals surface area contributed by atoms with Crippen molar-refractivity contribution in [3.8, 4) is 0 Å². The number of nitrogens with one attached hydrogen (secondary N) is 1. The largest absolute Gasteiger partial charge is 0.394 e. The molecule has 1 amide bonds. The van der Waals surface area contributed by atoms with Gasteiger partial charge in [0.1, 0.15) is 0 Å². The van der Waals surface area contributed by atoms with Gasteiger partial charge in [-0.2, -0.15) is 0 Å². The second-order valence-corrected chi connectivity index (χ2v) is 1.69. The Morgan fingerprint density at radius 1 is 1.60 bits per heavy atom. The molecule has 0 rings (SSSR count). The molecule has 0 bridgehead atoms. The summed E-state index contributed by atoms with van der Waals surface area (Å²) in [5.74, 6) is -0.312. The van der Waals surface area contributed by atoms with Crippen LogP contribution in [0.4, 0.5) is 0 Å². The van der Waals surface area contributed by atoms with Crippen molar-refractivity contribution < 1.29 is 14.6 Å². The molecule has 0 aromatic heterocycles. The van der Waals surface area contributed by atoms with Crippen LogP contribution in [0.15, 0.2) is 0 Å². The van der Waals surface area contributed by atoms with Gasteiger partial charge in [0, 0.05) is 13.5 Å². The summed E-state index contributed by atoms with van der Waals surface area (Å²) in [4.78, 5) is 10.1. The highest BCUT2D eigenvalue weighted by atomic mass is 16.5. The van der Waals surface area contributed by atoms with Gasteiger partial charge in [-0.1, -0.05) is 0 Å². The standard InChI is InChI=1S/C6H12NO3/c1-6(9)7-2-4-10-5-3-8/h8H,1-5H2,(H,7,9). The first-order valence-electron chi connectivity index (χ1n) is 3.05. The van der Waals surface area contributed by atoms with Gasteiger partial charge < -0.3 is 15.2 Å². The normalized spacial score (nSPS) is 9.40. The number of hydrogen-bond acceptors (Lipinski definition) is 3. The number of ether oxygens (including phenoxy) is 1. The highest BCUT2D eigenvalue weighted by Crippen LogP contribution is 1.70. The van der Waals surface area contributed by atoms with Crippen molar-refractivity contribution >= 4 is 5.91 Å². The van der Waals surface area contributed by atoms with Crippen molar-refractivity contribution in [2.75, 3.05) is 26.4 Å². The lowest BCUT2D eigenvalue weighted by Crippen LogP contribution is -2.24. The Bertz CT molecular complexity index is 95.0. The molecule has 4 heteroatoms. The minimum absolute atomic E-state index is 0.0122. The van der Waals surface area contributed by atoms with E-state index in [9.17, 15) is 4.79 Å². The first-order chi connectivity index (χ1) is 4.77. The number of aliphatic hydroxyl groups excluding tert-OH is 1. The summed E-state index contributed by atoms with van der Waals surface area (Å²) < 4.78 is 4.84. The molecular formula is C6H12NO3. The van der Waals surface area contributed by atoms with Crippen molar-refractivity contribution in [1.82, 2.24) is 5.32 Å². The molecule has 0 saturated heterocycles. The summed E-state index contributed by atoms with van der Waals surface area (Å²) in [6.45, 7) is 4.29. The Hall–Kier alpha value is -0.610. The van der Waals surface area contributed by atoms with E-state index < -0.39 is 0 Å². The summed E-state index contributed by atoms with van der Waals surface area (Å²) in [6, 6.07) is 0. The quantitative estimate of drug-likeness (QED) is 0.486. The smallest absolute Gasteiger partial charge is 0.220 e. The van der Waals surface area contributed by atoms with E-state index in [1.807, 2.05) is 0 Å². The number of aliphatic hydroxyl groups is 1. The molecular weight excluding hydrogens is 134 g/mol. The number of hydrogen-bond donors (Lipinski definition) is 2. The molecule has 0 aliphatic heterocycles. The van der Waals surface area contributed by atoms with E-state index in [1.165, 1.54) is 0 Å². The fourth-order valence-electron chi connectivity index (χ4n) is 0.429. The summed E-state index contributed by atoms with van der Waals surface area (Å²) in [7, 11) is 0. The predicted octanol–water partition coefficient (Wildman–Crippen LogP) is -1.05. The van der Waals surface area contributed by atoms with Crippen LogP contribution in [-0.2, 0) is 9.53 Å². The van der Waals surface area contributed by atoms with Crippen LogP contribution in [0.25, 0.3) is 0 Å². The van der Waals surface area contributed by atoms with Gasteiger partial charge in [-0.15, -0.1) is 0 Å². The lowest BCUT2D eigenvalue weighted by Gasteiger charge is -2.01. The van der Waals surface area contributed by atoms with Crippen molar-refractivity contribution in [3.63, 3.8) is 0 Å². The van der Waals surface area contributed by atoms with Crippen molar-refractivity contribution in [2.45, 2.75) is 0 Å². The maximum atomic E-state index is 10.1. The molecule has 0 aromatic rings. The predicted molar refractivity (Wildman–Crippen MR) is 36.3 cm³/mol. The Morgan fingerprint density at radius 2 is 2.30 bits per heavy atom. The second kappa shape index (κ2) is 6.51. The van der Waals surface area contributed by atoms with Crippen LogP contribution < -0.4 is 5.32 Å². The summed E-state index contributed by atoms with van der Waals surface area (Å²) in [5.41, 5.74) is 0. The van der Waals surface area contributed by atoms with E-state index in [0.29, 0.717) is 19.8 Å². The highest BCUT2D eigenvalue weighted by Gasteiger charge is 1.89. The molecule has 0 aromatic carbocycles. The van der Waals surface area contributed by atoms with Gasteiger partial charge in [-0.05, 0) is 0 Å². The topological polar surface area (TPSA) is 58.6 Å². The van der Waals surface area contributed by atoms with E-state index in [4.69, 9.17) is 9.84 Å². The van der Waals surface area contributed by atoms with Crippen LogP contribution in [0.3, 0.4) is 0 Å². The average Bonchev–Trinajstić information content (AvgIpc) is 1.87. The Kier molecular flexibility index (Phi) is 6.11. The first kappa shape index (κ1) is 9.39. The number of rotatable bonds is 5. The Morgan fingerprint density at radius 3 is 2.80 bits per heavy atom. The number of amides is 1. The van der Waals surface area contributed by atoms with Gasteiger partial charge >= 0.3 is 0 Å². The maximum absolute atomic E-state index is 10.1. The highest BCUT2D eigenvalue weighted by molar-refractivity contribution is 5.79. The second-order valence-electron chi connectivity index (χ2n) is 1.69. The van der Waals surface area contributed by atoms with E-state index in [0.717, 1.165) is 0 Å². The molecule has 0 spiro atoms. The van der Waals surface area contributed by atoms with Crippen LogP contribution in [0.2, 0.25) is 0 Å². The molecule has 0 atom stereocenters. The molecule has 0 fully saturated rings. The van der Waals surface area contributed by atoms with E-state index in [2.05, 4.69) is 12.2 Å². The molecule has 2 N–H and O–H groups in total. The summed E-state index contributed by atoms with van der Waals surface area (Å²) in [5, 5.41) is 10.7. The monoisotopic (exact) mass is 146 g/mol. The van der Waals surface area contributed by atoms with Gasteiger partial charge in [0.25, 0.3) is 0 Å². The van der Waals surface area contributed by atoms with E-state index in [1.54, 1.807) is 0 Å². The van der Waals surface area contributed by atoms with Crippen LogP contribution in [0.5, 0.6) is 0 Å². The minimum atomic E-state index is -0.312. The fraction of sp³-hybridized carbons (Fsp3) is 0.667. The number of carbonyl (C=O) groups excluding carboxylic acids is 1. The third-order valence-corrected chi connectivity index (χ3v) is 0.804. The van der Waals surface area contributed by atoms with Crippen LogP contribution in [-0.4, -0.2) is 37.4 Å². The van der Waals surface area contributed by atoms with E-state index >= 15 is 0 Å². The Balaban J connectivity index is 2.84. The summed E-state index contributed by atoms with van der Waals surface area (Å²) in [6.07, 6.45) is 0. The molecule has 0 aliphatic carbocycles. The maximum Gasteiger partial charge on any atom is 0.220 e. The molecule has 0 heterocycles. The molecule has 1 radical (unpaired) electrons. The van der Waals surface area contributed by atoms with Crippen molar-refractivity contribution in [1.29, 1.82) is 0 Å². The fourth-order valence-corrected chi connectivity index (χ4v) is 0.429. The summed E-state index contributed by atoms with van der Waals surface area (Å²) >= 11 is 0. The Labute approximate surface area is 60.2 Å². The van der Waals surface area contributed by atoms with Crippen LogP contribution >= 0.6 is 0 Å². The van der Waals surface area contributed by atoms with Crippen molar-refractivity contribution in [2.24, 2.45) is 0 Å². The minimum Gasteiger partial charge on any atom is -0.394 e.